The number of rotatable bonds is 11. The maximum Gasteiger partial charge on any atom is 0.395 e. The molecule has 1 aromatic heterocycles. The Morgan fingerprint density at radius 3 is 2.69 bits per heavy atom. The van der Waals surface area contributed by atoms with Gasteiger partial charge in [0.25, 0.3) is 0 Å². The van der Waals surface area contributed by atoms with Crippen molar-refractivity contribution < 1.29 is 47.1 Å². The number of alkyl halides is 2. The van der Waals surface area contributed by atoms with E-state index in [1.54, 1.807) is 33.9 Å². The fourth-order valence-electron chi connectivity index (χ4n) is 4.82. The summed E-state index contributed by atoms with van der Waals surface area (Å²) in [4.78, 5) is 55.0. The van der Waals surface area contributed by atoms with Gasteiger partial charge in [-0.15, -0.1) is 0 Å². The van der Waals surface area contributed by atoms with Gasteiger partial charge in [-0.3, -0.25) is 18.8 Å². The first-order valence-corrected chi connectivity index (χ1v) is 15.4. The average molecular weight is 656 g/mol. The number of likely N-dealkylation sites (N-methyl/N-ethyl adjacent to an activating group) is 1. The molecule has 6 atom stereocenters. The van der Waals surface area contributed by atoms with E-state index >= 15 is 8.78 Å². The molecular weight excluding hydrogens is 619 g/mol. The third-order valence-corrected chi connectivity index (χ3v) is 8.15. The number of benzene rings is 1. The van der Waals surface area contributed by atoms with Crippen LogP contribution in [-0.2, 0) is 19.1 Å². The monoisotopic (exact) mass is 655 g/mol. The van der Waals surface area contributed by atoms with Gasteiger partial charge in [-0.2, -0.15) is 13.8 Å². The van der Waals surface area contributed by atoms with Crippen LogP contribution in [0.25, 0.3) is 0 Å². The van der Waals surface area contributed by atoms with Crippen LogP contribution >= 0.6 is 8.17 Å². The highest BCUT2D eigenvalue weighted by Crippen LogP contribution is 2.42. The second-order valence-electron chi connectivity index (χ2n) is 11.1. The number of anilines is 1. The number of halogens is 2. The number of aryl methyl sites for hydroxylation is 1. The highest BCUT2D eigenvalue weighted by Gasteiger charge is 2.60. The molecule has 2 N–H and O–H groups in total. The number of aliphatic hydroxyl groups is 1. The minimum atomic E-state index is -3.90. The lowest BCUT2D eigenvalue weighted by Gasteiger charge is -2.21. The maximum absolute atomic E-state index is 15.1. The van der Waals surface area contributed by atoms with E-state index < -0.39 is 56.8 Å². The second kappa shape index (κ2) is 14.3. The summed E-state index contributed by atoms with van der Waals surface area (Å²) in [7, 11) is -0.868. The van der Waals surface area contributed by atoms with Crippen molar-refractivity contribution in [3.05, 3.63) is 46.5 Å². The third-order valence-electron chi connectivity index (χ3n) is 7.24. The van der Waals surface area contributed by atoms with Crippen molar-refractivity contribution in [1.29, 1.82) is 0 Å². The number of hydrogen-bond donors (Lipinski definition) is 2. The number of nitrogens with one attached hydrogen (secondary N) is 1. The molecule has 0 bridgehead atoms. The van der Waals surface area contributed by atoms with Crippen LogP contribution in [0.15, 0.2) is 40.0 Å². The van der Waals surface area contributed by atoms with Crippen LogP contribution in [-0.4, -0.2) is 88.0 Å². The van der Waals surface area contributed by atoms with E-state index in [9.17, 15) is 24.4 Å². The minimum Gasteiger partial charge on any atom is -0.575 e. The molecule has 1 aromatic carbocycles. The highest BCUT2D eigenvalue weighted by molar-refractivity contribution is 7.34. The van der Waals surface area contributed by atoms with Gasteiger partial charge in [-0.1, -0.05) is 10.8 Å². The van der Waals surface area contributed by atoms with Gasteiger partial charge in [0.05, 0.1) is 12.1 Å². The second-order valence-corrected chi connectivity index (χ2v) is 12.0. The van der Waals surface area contributed by atoms with Crippen molar-refractivity contribution >= 4 is 25.9 Å². The molecule has 2 aromatic rings. The van der Waals surface area contributed by atoms with Crippen molar-refractivity contribution in [3.8, 4) is 11.5 Å². The standard InChI is InChI=1S/C28H36F2N5O9P/c1-15(2)42-25(38)17(4)33-45(40)44-18-9-8-16(3)20(13-18)41-14-21-23(36)28(29,30)26(43-21)35-12-10-22(32-27(35)39)31-24(37)19-7-6-11-34(19)5/h8-10,12-13,15,17,19,21,23,26,36H,6-7,11,14H2,1-5H3,(H,31,32,37,39)/t17-,19-,21+,23+,26?/m0/s1. The van der Waals surface area contributed by atoms with E-state index in [1.165, 1.54) is 25.1 Å². The molecule has 2 unspecified atom stereocenters. The Bertz CT molecular complexity index is 1490. The van der Waals surface area contributed by atoms with Gasteiger partial charge < -0.3 is 29.5 Å². The number of esters is 1. The van der Waals surface area contributed by atoms with Crippen LogP contribution in [0.4, 0.5) is 14.6 Å². The van der Waals surface area contributed by atoms with Gasteiger partial charge in [0.1, 0.15) is 24.3 Å². The summed E-state index contributed by atoms with van der Waals surface area (Å²) < 4.78 is 55.9. The van der Waals surface area contributed by atoms with Crippen molar-refractivity contribution in [2.24, 2.45) is 4.74 Å². The van der Waals surface area contributed by atoms with Gasteiger partial charge in [0, 0.05) is 12.3 Å². The van der Waals surface area contributed by atoms with Crippen molar-refractivity contribution in [2.75, 3.05) is 25.5 Å². The number of ether oxygens (including phenoxy) is 3. The molecule has 0 spiro atoms. The summed E-state index contributed by atoms with van der Waals surface area (Å²) in [5.74, 6) is -4.81. The van der Waals surface area contributed by atoms with E-state index in [0.29, 0.717) is 16.6 Å². The zero-order valence-electron chi connectivity index (χ0n) is 25.4. The number of carbonyl (C=O) groups excluding carboxylic acids is 2. The first kappa shape index (κ1) is 34.3. The maximum atomic E-state index is 15.1. The number of carbonyl (C=O) groups is 2. The lowest BCUT2D eigenvalue weighted by Crippen LogP contribution is -2.42. The Labute approximate surface area is 258 Å². The van der Waals surface area contributed by atoms with Gasteiger partial charge >= 0.3 is 25.7 Å². The zero-order valence-corrected chi connectivity index (χ0v) is 26.3. The Morgan fingerprint density at radius 2 is 2.04 bits per heavy atom. The predicted octanol–water partition coefficient (Wildman–Crippen LogP) is 2.13. The van der Waals surface area contributed by atoms with E-state index in [4.69, 9.17) is 18.7 Å². The summed E-state index contributed by atoms with van der Waals surface area (Å²) in [5.41, 5.74) is -0.556. The minimum absolute atomic E-state index is 0.0605. The molecule has 4 rings (SSSR count). The quantitative estimate of drug-likeness (QED) is 0.268. The summed E-state index contributed by atoms with van der Waals surface area (Å²) in [5, 5.41) is 12.9. The molecule has 0 saturated carbocycles. The van der Waals surface area contributed by atoms with E-state index in [-0.39, 0.29) is 35.4 Å². The molecule has 246 valence electrons. The molecule has 2 fully saturated rings. The SMILES string of the molecule is Cc1ccc(O[P+]([O-])=N[C@@H](C)C(=O)OC(C)C)cc1OC[C@H]1OC(n2ccc(NC(=O)[C@@H]3CCCN3C)nc2=O)C(F)(F)[C@@H]1O. The number of amides is 1. The Balaban J connectivity index is 1.40. The van der Waals surface area contributed by atoms with Crippen molar-refractivity contribution in [1.82, 2.24) is 14.5 Å². The fraction of sp³-hybridized carbons (Fsp3) is 0.571. The molecule has 3 heterocycles. The first-order valence-electron chi connectivity index (χ1n) is 14.3. The highest BCUT2D eigenvalue weighted by atomic mass is 31.1. The number of nitrogens with zero attached hydrogens (tertiary/aromatic N) is 4. The fourth-order valence-corrected chi connectivity index (χ4v) is 5.53. The number of likely N-dealkylation sites (tertiary alicyclic amines) is 1. The molecule has 0 radical (unpaired) electrons. The van der Waals surface area contributed by atoms with Gasteiger partial charge in [-0.05, 0) is 71.8 Å². The zero-order chi connectivity index (χ0) is 33.1. The van der Waals surface area contributed by atoms with Gasteiger partial charge in [0.15, 0.2) is 17.9 Å². The van der Waals surface area contributed by atoms with Crippen molar-refractivity contribution in [2.45, 2.75) is 83.1 Å². The molecule has 0 aliphatic carbocycles. The molecule has 2 saturated heterocycles. The van der Waals surface area contributed by atoms with E-state index in [0.717, 1.165) is 19.2 Å². The lowest BCUT2D eigenvalue weighted by atomic mass is 10.1. The third kappa shape index (κ3) is 8.19. The largest absolute Gasteiger partial charge is 0.575 e. The summed E-state index contributed by atoms with van der Waals surface area (Å²) in [6, 6.07) is 4.16. The smallest absolute Gasteiger partial charge is 0.395 e. The van der Waals surface area contributed by atoms with E-state index in [1.807, 2.05) is 4.90 Å². The predicted molar refractivity (Wildman–Crippen MR) is 155 cm³/mol. The van der Waals surface area contributed by atoms with Crippen LogP contribution in [0.5, 0.6) is 11.5 Å². The summed E-state index contributed by atoms with van der Waals surface area (Å²) in [6.45, 7) is 6.61. The van der Waals surface area contributed by atoms with Crippen LogP contribution in [0.1, 0.15) is 45.4 Å². The normalized spacial score (nSPS) is 24.0. The van der Waals surface area contributed by atoms with Crippen LogP contribution < -0.4 is 25.2 Å². The summed E-state index contributed by atoms with van der Waals surface area (Å²) in [6.07, 6.45) is -3.96. The first-order chi connectivity index (χ1) is 21.2. The lowest BCUT2D eigenvalue weighted by molar-refractivity contribution is -0.170. The number of aromatic nitrogens is 2. The Kier molecular flexibility index (Phi) is 10.9. The van der Waals surface area contributed by atoms with E-state index in [2.05, 4.69) is 15.0 Å². The van der Waals surface area contributed by atoms with Crippen LogP contribution in [0.3, 0.4) is 0 Å². The topological polar surface area (TPSA) is 177 Å². The molecule has 1 amide bonds. The average Bonchev–Trinajstić information content (AvgIpc) is 3.48. The molecule has 2 aliphatic heterocycles. The molecular formula is C28H36F2N5O9P. The van der Waals surface area contributed by atoms with Crippen LogP contribution in [0.2, 0.25) is 0 Å². The Hall–Kier alpha value is -3.56. The number of hydrogen-bond acceptors (Lipinski definition) is 12. The Morgan fingerprint density at radius 1 is 1.31 bits per heavy atom. The molecule has 17 heteroatoms. The number of aliphatic hydroxyl groups excluding tert-OH is 1. The molecule has 2 aliphatic rings. The molecule has 45 heavy (non-hydrogen) atoms. The van der Waals surface area contributed by atoms with Gasteiger partial charge in [0.2, 0.25) is 12.1 Å². The summed E-state index contributed by atoms with van der Waals surface area (Å²) >= 11 is 0. The van der Waals surface area contributed by atoms with Gasteiger partial charge in [-0.25, -0.2) is 9.59 Å². The van der Waals surface area contributed by atoms with Crippen LogP contribution in [0, 0.1) is 6.92 Å². The van der Waals surface area contributed by atoms with Crippen molar-refractivity contribution in [3.63, 3.8) is 0 Å². The molecule has 14 nitrogen and oxygen atoms in total.